The molecular formula is C18H34O9. The Labute approximate surface area is 160 Å². The molecule has 0 atom stereocenters. The maximum Gasteiger partial charge on any atom is 0.330 e. The van der Waals surface area contributed by atoms with Crippen LogP contribution < -0.4 is 0 Å². The SMILES string of the molecule is CC(=CCCCO)C(=O)O.CC(=CCCCO)C(=O)O.OCCOCCO. The van der Waals surface area contributed by atoms with Gasteiger partial charge in [-0.1, -0.05) is 12.2 Å². The molecule has 0 unspecified atom stereocenters. The number of allylic oxidation sites excluding steroid dienone is 2. The van der Waals surface area contributed by atoms with Crippen molar-refractivity contribution >= 4 is 11.9 Å². The van der Waals surface area contributed by atoms with Crippen LogP contribution in [0.4, 0.5) is 0 Å². The van der Waals surface area contributed by atoms with Gasteiger partial charge in [0.15, 0.2) is 0 Å². The third-order valence-corrected chi connectivity index (χ3v) is 2.77. The lowest BCUT2D eigenvalue weighted by atomic mass is 10.2. The summed E-state index contributed by atoms with van der Waals surface area (Å²) in [4.78, 5) is 20.3. The van der Waals surface area contributed by atoms with Gasteiger partial charge in [0.25, 0.3) is 0 Å². The summed E-state index contributed by atoms with van der Waals surface area (Å²) in [6, 6.07) is 0. The van der Waals surface area contributed by atoms with Crippen molar-refractivity contribution in [2.24, 2.45) is 0 Å². The van der Waals surface area contributed by atoms with E-state index in [1.54, 1.807) is 26.0 Å². The largest absolute Gasteiger partial charge is 0.478 e. The first-order valence-corrected chi connectivity index (χ1v) is 8.59. The highest BCUT2D eigenvalue weighted by Crippen LogP contribution is 1.97. The Morgan fingerprint density at radius 1 is 0.704 bits per heavy atom. The normalized spacial score (nSPS) is 11.0. The van der Waals surface area contributed by atoms with Gasteiger partial charge in [-0.2, -0.15) is 0 Å². The number of hydrogen-bond donors (Lipinski definition) is 6. The van der Waals surface area contributed by atoms with E-state index in [0.29, 0.717) is 50.0 Å². The van der Waals surface area contributed by atoms with E-state index >= 15 is 0 Å². The molecule has 6 N–H and O–H groups in total. The van der Waals surface area contributed by atoms with Crippen LogP contribution in [0.1, 0.15) is 39.5 Å². The van der Waals surface area contributed by atoms with E-state index in [1.807, 2.05) is 0 Å². The van der Waals surface area contributed by atoms with Crippen molar-refractivity contribution in [3.8, 4) is 0 Å². The minimum absolute atomic E-state index is 0.0278. The fourth-order valence-electron chi connectivity index (χ4n) is 1.23. The molecule has 0 aliphatic carbocycles. The first kappa shape index (κ1) is 30.0. The first-order chi connectivity index (χ1) is 12.8. The van der Waals surface area contributed by atoms with Gasteiger partial charge in [0, 0.05) is 24.4 Å². The summed E-state index contributed by atoms with van der Waals surface area (Å²) in [7, 11) is 0. The highest BCUT2D eigenvalue weighted by Gasteiger charge is 1.97. The minimum Gasteiger partial charge on any atom is -0.478 e. The van der Waals surface area contributed by atoms with Gasteiger partial charge in [-0.3, -0.25) is 0 Å². The third kappa shape index (κ3) is 29.2. The van der Waals surface area contributed by atoms with Gasteiger partial charge in [-0.05, 0) is 39.5 Å². The first-order valence-electron chi connectivity index (χ1n) is 8.59. The lowest BCUT2D eigenvalue weighted by Gasteiger charge is -1.94. The number of carboxylic acid groups (broad SMARTS) is 2. The lowest BCUT2D eigenvalue weighted by Crippen LogP contribution is -2.03. The van der Waals surface area contributed by atoms with Crippen molar-refractivity contribution in [2.75, 3.05) is 39.6 Å². The number of carboxylic acids is 2. The fraction of sp³-hybridized carbons (Fsp3) is 0.667. The topological polar surface area (TPSA) is 165 Å². The van der Waals surface area contributed by atoms with Crippen molar-refractivity contribution in [2.45, 2.75) is 39.5 Å². The molecular weight excluding hydrogens is 360 g/mol. The molecule has 0 rings (SSSR count). The summed E-state index contributed by atoms with van der Waals surface area (Å²) in [6.07, 6.45) is 5.75. The predicted octanol–water partition coefficient (Wildman–Crippen LogP) is 0.567. The van der Waals surface area contributed by atoms with Gasteiger partial charge in [-0.25, -0.2) is 9.59 Å². The van der Waals surface area contributed by atoms with Crippen molar-refractivity contribution in [1.29, 1.82) is 0 Å². The second-order valence-corrected chi connectivity index (χ2v) is 5.18. The van der Waals surface area contributed by atoms with Crippen LogP contribution in [0.25, 0.3) is 0 Å². The molecule has 27 heavy (non-hydrogen) atoms. The number of rotatable bonds is 12. The van der Waals surface area contributed by atoms with Gasteiger partial charge in [-0.15, -0.1) is 0 Å². The Morgan fingerprint density at radius 3 is 1.26 bits per heavy atom. The molecule has 0 aliphatic rings. The molecule has 0 bridgehead atoms. The predicted molar refractivity (Wildman–Crippen MR) is 100 cm³/mol. The van der Waals surface area contributed by atoms with Crippen molar-refractivity contribution < 1.29 is 45.0 Å². The monoisotopic (exact) mass is 394 g/mol. The summed E-state index contributed by atoms with van der Waals surface area (Å²) >= 11 is 0. The molecule has 0 aromatic heterocycles. The van der Waals surface area contributed by atoms with Crippen LogP contribution in [0.2, 0.25) is 0 Å². The summed E-state index contributed by atoms with van der Waals surface area (Å²) in [5, 5.41) is 49.6. The zero-order chi connectivity index (χ0) is 21.5. The summed E-state index contributed by atoms with van der Waals surface area (Å²) in [6.45, 7) is 4.01. The minimum atomic E-state index is -0.891. The molecule has 9 heteroatoms. The van der Waals surface area contributed by atoms with Crippen LogP contribution in [0.15, 0.2) is 23.3 Å². The van der Waals surface area contributed by atoms with E-state index in [0.717, 1.165) is 0 Å². The maximum absolute atomic E-state index is 10.2. The molecule has 0 fully saturated rings. The van der Waals surface area contributed by atoms with Crippen LogP contribution in [-0.2, 0) is 14.3 Å². The molecule has 0 saturated carbocycles. The summed E-state index contributed by atoms with van der Waals surface area (Å²) < 4.78 is 4.63. The molecule has 160 valence electrons. The number of unbranched alkanes of at least 4 members (excludes halogenated alkanes) is 2. The molecule has 9 nitrogen and oxygen atoms in total. The van der Waals surface area contributed by atoms with E-state index in [1.165, 1.54) is 0 Å². The Balaban J connectivity index is -0.000000326. The number of aliphatic hydroxyl groups excluding tert-OH is 4. The molecule has 0 saturated heterocycles. The third-order valence-electron chi connectivity index (χ3n) is 2.77. The van der Waals surface area contributed by atoms with Crippen LogP contribution in [0.5, 0.6) is 0 Å². The Bertz CT molecular complexity index is 379. The van der Waals surface area contributed by atoms with Gasteiger partial charge < -0.3 is 35.4 Å². The summed E-state index contributed by atoms with van der Waals surface area (Å²) in [5.41, 5.74) is 0.682. The standard InChI is InChI=1S/2C7H12O3.C4H10O3/c2*1-6(7(9)10)4-2-3-5-8;5-1-3-7-4-2-6/h2*4,8H,2-3,5H2,1H3,(H,9,10);5-6H,1-4H2. The molecule has 0 aromatic rings. The van der Waals surface area contributed by atoms with Crippen LogP contribution in [0, 0.1) is 0 Å². The highest BCUT2D eigenvalue weighted by molar-refractivity contribution is 5.86. The number of hydrogen-bond acceptors (Lipinski definition) is 7. The Morgan fingerprint density at radius 2 is 1.04 bits per heavy atom. The molecule has 0 heterocycles. The van der Waals surface area contributed by atoms with Gasteiger partial charge >= 0.3 is 11.9 Å². The fourth-order valence-corrected chi connectivity index (χ4v) is 1.23. The average molecular weight is 394 g/mol. The number of aliphatic carboxylic acids is 2. The maximum atomic E-state index is 10.2. The van der Waals surface area contributed by atoms with Gasteiger partial charge in [0.2, 0.25) is 0 Å². The van der Waals surface area contributed by atoms with Gasteiger partial charge in [0.1, 0.15) is 0 Å². The second-order valence-electron chi connectivity index (χ2n) is 5.18. The second kappa shape index (κ2) is 24.2. The number of ether oxygens (including phenoxy) is 1. The summed E-state index contributed by atoms with van der Waals surface area (Å²) in [5.74, 6) is -1.78. The van der Waals surface area contributed by atoms with Crippen LogP contribution in [-0.4, -0.2) is 82.2 Å². The highest BCUT2D eigenvalue weighted by atomic mass is 16.5. The van der Waals surface area contributed by atoms with Crippen molar-refractivity contribution in [1.82, 2.24) is 0 Å². The molecule has 0 aliphatic heterocycles. The van der Waals surface area contributed by atoms with Gasteiger partial charge in [0.05, 0.1) is 26.4 Å². The van der Waals surface area contributed by atoms with Crippen LogP contribution in [0.3, 0.4) is 0 Å². The average Bonchev–Trinajstić information content (AvgIpc) is 2.63. The smallest absolute Gasteiger partial charge is 0.330 e. The lowest BCUT2D eigenvalue weighted by molar-refractivity contribution is -0.133. The Hall–Kier alpha value is -1.78. The van der Waals surface area contributed by atoms with E-state index < -0.39 is 11.9 Å². The van der Waals surface area contributed by atoms with Crippen molar-refractivity contribution in [3.05, 3.63) is 23.3 Å². The van der Waals surface area contributed by atoms with E-state index in [4.69, 9.17) is 30.6 Å². The zero-order valence-electron chi connectivity index (χ0n) is 16.1. The van der Waals surface area contributed by atoms with E-state index in [2.05, 4.69) is 4.74 Å². The van der Waals surface area contributed by atoms with E-state index in [9.17, 15) is 9.59 Å². The van der Waals surface area contributed by atoms with Crippen molar-refractivity contribution in [3.63, 3.8) is 0 Å². The van der Waals surface area contributed by atoms with E-state index in [-0.39, 0.29) is 26.4 Å². The Kier molecular flexibility index (Phi) is 26.9. The molecule has 0 spiro atoms. The van der Waals surface area contributed by atoms with Crippen LogP contribution >= 0.6 is 0 Å². The molecule has 0 amide bonds. The number of carbonyl (C=O) groups is 2. The quantitative estimate of drug-likeness (QED) is 0.205. The molecule has 0 radical (unpaired) electrons. The zero-order valence-corrected chi connectivity index (χ0v) is 16.1. The molecule has 0 aromatic carbocycles. The number of aliphatic hydroxyl groups is 4.